The third-order valence-electron chi connectivity index (χ3n) is 2.51. The van der Waals surface area contributed by atoms with E-state index in [2.05, 4.69) is 5.32 Å². The lowest BCUT2D eigenvalue weighted by Gasteiger charge is -2.14. The summed E-state index contributed by atoms with van der Waals surface area (Å²) in [5.74, 6) is -2.21. The molecule has 2 amide bonds. The molecule has 6 heteroatoms. The number of carbonyl (C=O) groups excluding carboxylic acids is 2. The van der Waals surface area contributed by atoms with Crippen molar-refractivity contribution in [3.05, 3.63) is 35.9 Å². The number of rotatable bonds is 7. The highest BCUT2D eigenvalue weighted by atomic mass is 16.4. The Morgan fingerprint density at radius 3 is 2.32 bits per heavy atom. The van der Waals surface area contributed by atoms with Crippen LogP contribution in [0.15, 0.2) is 30.3 Å². The topological polar surface area (TPSA) is 109 Å². The molecule has 0 aliphatic heterocycles. The van der Waals surface area contributed by atoms with E-state index in [1.165, 1.54) is 0 Å². The molecule has 0 spiro atoms. The molecule has 0 heterocycles. The second-order valence-corrected chi connectivity index (χ2v) is 4.11. The second-order valence-electron chi connectivity index (χ2n) is 4.11. The average Bonchev–Trinajstić information content (AvgIpc) is 2.36. The summed E-state index contributed by atoms with van der Waals surface area (Å²) in [6.07, 6.45) is -0.00407. The Bertz CT molecular complexity index is 459. The van der Waals surface area contributed by atoms with Gasteiger partial charge in [-0.3, -0.25) is 9.59 Å². The van der Waals surface area contributed by atoms with Crippen molar-refractivity contribution < 1.29 is 19.5 Å². The van der Waals surface area contributed by atoms with E-state index in [-0.39, 0.29) is 19.3 Å². The van der Waals surface area contributed by atoms with Crippen molar-refractivity contribution in [3.63, 3.8) is 0 Å². The number of nitrogens with two attached hydrogens (primary N) is 1. The van der Waals surface area contributed by atoms with Gasteiger partial charge >= 0.3 is 5.97 Å². The molecular weight excluding hydrogens is 248 g/mol. The molecule has 1 aromatic carbocycles. The van der Waals surface area contributed by atoms with Crippen LogP contribution in [0.3, 0.4) is 0 Å². The van der Waals surface area contributed by atoms with Crippen molar-refractivity contribution >= 4 is 17.8 Å². The Morgan fingerprint density at radius 2 is 1.79 bits per heavy atom. The zero-order chi connectivity index (χ0) is 14.3. The molecule has 0 bridgehead atoms. The average molecular weight is 264 g/mol. The Hall–Kier alpha value is -2.37. The van der Waals surface area contributed by atoms with Crippen LogP contribution in [-0.4, -0.2) is 28.9 Å². The van der Waals surface area contributed by atoms with Gasteiger partial charge in [-0.25, -0.2) is 4.79 Å². The maximum absolute atomic E-state index is 11.5. The summed E-state index contributed by atoms with van der Waals surface area (Å²) < 4.78 is 0. The minimum atomic E-state index is -1.11. The normalized spacial score (nSPS) is 11.6. The van der Waals surface area contributed by atoms with Crippen molar-refractivity contribution in [2.75, 3.05) is 0 Å². The van der Waals surface area contributed by atoms with Crippen LogP contribution in [0.4, 0.5) is 0 Å². The van der Waals surface area contributed by atoms with E-state index in [0.29, 0.717) is 0 Å². The van der Waals surface area contributed by atoms with Crippen molar-refractivity contribution in [1.29, 1.82) is 0 Å². The first-order valence-electron chi connectivity index (χ1n) is 5.83. The van der Waals surface area contributed by atoms with E-state index in [9.17, 15) is 14.4 Å². The molecule has 19 heavy (non-hydrogen) atoms. The molecule has 1 unspecified atom stereocenters. The number of hydrogen-bond acceptors (Lipinski definition) is 3. The first-order chi connectivity index (χ1) is 8.99. The van der Waals surface area contributed by atoms with Gasteiger partial charge in [0, 0.05) is 19.3 Å². The number of benzene rings is 1. The van der Waals surface area contributed by atoms with Crippen molar-refractivity contribution in [1.82, 2.24) is 5.32 Å². The molecule has 6 nitrogen and oxygen atoms in total. The van der Waals surface area contributed by atoms with Gasteiger partial charge < -0.3 is 16.2 Å². The van der Waals surface area contributed by atoms with Gasteiger partial charge in [0.25, 0.3) is 0 Å². The molecule has 0 aliphatic rings. The van der Waals surface area contributed by atoms with Crippen LogP contribution in [0.1, 0.15) is 18.4 Å². The van der Waals surface area contributed by atoms with Gasteiger partial charge in [0.05, 0.1) is 0 Å². The molecule has 1 rings (SSSR count). The van der Waals surface area contributed by atoms with Gasteiger partial charge in [-0.05, 0) is 5.56 Å². The molecule has 0 saturated carbocycles. The fraction of sp³-hybridized carbons (Fsp3) is 0.308. The Labute approximate surface area is 110 Å². The number of carboxylic acids is 1. The summed E-state index contributed by atoms with van der Waals surface area (Å²) >= 11 is 0. The molecule has 4 N–H and O–H groups in total. The zero-order valence-corrected chi connectivity index (χ0v) is 10.3. The van der Waals surface area contributed by atoms with Crippen LogP contribution in [0.2, 0.25) is 0 Å². The third kappa shape index (κ3) is 5.67. The highest BCUT2D eigenvalue weighted by Crippen LogP contribution is 2.04. The van der Waals surface area contributed by atoms with E-state index < -0.39 is 23.8 Å². The number of hydrogen-bond donors (Lipinski definition) is 3. The Balaban J connectivity index is 2.56. The summed E-state index contributed by atoms with van der Waals surface area (Å²) in [4.78, 5) is 33.1. The summed E-state index contributed by atoms with van der Waals surface area (Å²) in [5, 5.41) is 11.4. The van der Waals surface area contributed by atoms with E-state index >= 15 is 0 Å². The van der Waals surface area contributed by atoms with Gasteiger partial charge in [-0.2, -0.15) is 0 Å². The van der Waals surface area contributed by atoms with Crippen LogP contribution in [0, 0.1) is 0 Å². The molecule has 102 valence electrons. The summed E-state index contributed by atoms with van der Waals surface area (Å²) in [6, 6.07) is 7.97. The van der Waals surface area contributed by atoms with Crippen molar-refractivity contribution in [3.8, 4) is 0 Å². The van der Waals surface area contributed by atoms with E-state index in [1.807, 2.05) is 6.07 Å². The Kier molecular flexibility index (Phi) is 5.53. The van der Waals surface area contributed by atoms with Crippen LogP contribution < -0.4 is 11.1 Å². The van der Waals surface area contributed by atoms with Crippen LogP contribution in [-0.2, 0) is 20.8 Å². The van der Waals surface area contributed by atoms with Crippen LogP contribution >= 0.6 is 0 Å². The number of amides is 2. The number of carboxylic acid groups (broad SMARTS) is 1. The molecule has 1 aromatic rings. The summed E-state index contributed by atoms with van der Waals surface area (Å²) in [6.45, 7) is 0. The van der Waals surface area contributed by atoms with Crippen LogP contribution in [0.25, 0.3) is 0 Å². The summed E-state index contributed by atoms with van der Waals surface area (Å²) in [7, 11) is 0. The molecule has 0 aromatic heterocycles. The quantitative estimate of drug-likeness (QED) is 0.647. The molecule has 0 aliphatic carbocycles. The minimum Gasteiger partial charge on any atom is -0.480 e. The lowest BCUT2D eigenvalue weighted by atomic mass is 10.1. The van der Waals surface area contributed by atoms with Crippen LogP contribution in [0.5, 0.6) is 0 Å². The fourth-order valence-electron chi connectivity index (χ4n) is 1.55. The SMILES string of the molecule is NC(=O)CCC(=O)NC(Cc1ccccc1)C(=O)O. The first kappa shape index (κ1) is 14.7. The van der Waals surface area contributed by atoms with E-state index in [0.717, 1.165) is 5.56 Å². The van der Waals surface area contributed by atoms with Gasteiger partial charge in [0.15, 0.2) is 0 Å². The predicted octanol–water partition coefficient (Wildman–Crippen LogP) is 0.0640. The standard InChI is InChI=1S/C13H16N2O4/c14-11(16)6-7-12(17)15-10(13(18)19)8-9-4-2-1-3-5-9/h1-5,10H,6-8H2,(H2,14,16)(H,15,17)(H,18,19). The van der Waals surface area contributed by atoms with Gasteiger partial charge in [-0.1, -0.05) is 30.3 Å². The fourth-order valence-corrected chi connectivity index (χ4v) is 1.55. The second kappa shape index (κ2) is 7.15. The zero-order valence-electron chi connectivity index (χ0n) is 10.3. The lowest BCUT2D eigenvalue weighted by molar-refractivity contribution is -0.141. The van der Waals surface area contributed by atoms with Gasteiger partial charge in [-0.15, -0.1) is 0 Å². The lowest BCUT2D eigenvalue weighted by Crippen LogP contribution is -2.42. The summed E-state index contributed by atoms with van der Waals surface area (Å²) in [5.41, 5.74) is 5.73. The Morgan fingerprint density at radius 1 is 1.16 bits per heavy atom. The number of aliphatic carboxylic acids is 1. The monoisotopic (exact) mass is 264 g/mol. The highest BCUT2D eigenvalue weighted by Gasteiger charge is 2.20. The third-order valence-corrected chi connectivity index (χ3v) is 2.51. The molecule has 1 atom stereocenters. The number of carbonyl (C=O) groups is 3. The maximum atomic E-state index is 11.5. The van der Waals surface area contributed by atoms with Gasteiger partial charge in [0.1, 0.15) is 6.04 Å². The van der Waals surface area contributed by atoms with Gasteiger partial charge in [0.2, 0.25) is 11.8 Å². The molecule has 0 fully saturated rings. The smallest absolute Gasteiger partial charge is 0.326 e. The minimum absolute atomic E-state index is 0.0937. The largest absolute Gasteiger partial charge is 0.480 e. The van der Waals surface area contributed by atoms with E-state index in [4.69, 9.17) is 10.8 Å². The highest BCUT2D eigenvalue weighted by molar-refractivity contribution is 5.86. The predicted molar refractivity (Wildman–Crippen MR) is 68.1 cm³/mol. The van der Waals surface area contributed by atoms with E-state index in [1.54, 1.807) is 24.3 Å². The molecular formula is C13H16N2O4. The molecule has 0 saturated heterocycles. The number of nitrogens with one attached hydrogen (secondary N) is 1. The van der Waals surface area contributed by atoms with Crippen molar-refractivity contribution in [2.24, 2.45) is 5.73 Å². The first-order valence-corrected chi connectivity index (χ1v) is 5.83. The molecule has 0 radical (unpaired) electrons. The van der Waals surface area contributed by atoms with Crippen molar-refractivity contribution in [2.45, 2.75) is 25.3 Å². The maximum Gasteiger partial charge on any atom is 0.326 e. The number of primary amides is 1.